The fourth-order valence-corrected chi connectivity index (χ4v) is 3.09. The first-order valence-corrected chi connectivity index (χ1v) is 7.02. The maximum absolute atomic E-state index is 4.62. The topological polar surface area (TPSA) is 17.8 Å². The minimum absolute atomic E-state index is 0.733. The van der Waals surface area contributed by atoms with E-state index < -0.39 is 0 Å². The van der Waals surface area contributed by atoms with Crippen molar-refractivity contribution in [3.8, 4) is 5.69 Å². The quantitative estimate of drug-likeness (QED) is 0.790. The minimum Gasteiger partial charge on any atom is -0.238 e. The highest BCUT2D eigenvalue weighted by atomic mass is 15.3. The van der Waals surface area contributed by atoms with Crippen LogP contribution in [0.2, 0.25) is 0 Å². The SMILES string of the molecule is CCC[C@@H]1CCCc2c1cnn2-c1ccccc1. The Kier molecular flexibility index (Phi) is 3.18. The van der Waals surface area contributed by atoms with E-state index in [1.807, 2.05) is 0 Å². The number of hydrogen-bond acceptors (Lipinski definition) is 1. The van der Waals surface area contributed by atoms with Crippen molar-refractivity contribution in [3.05, 3.63) is 47.8 Å². The Morgan fingerprint density at radius 3 is 2.89 bits per heavy atom. The lowest BCUT2D eigenvalue weighted by atomic mass is 9.84. The molecule has 1 atom stereocenters. The van der Waals surface area contributed by atoms with Gasteiger partial charge in [0.1, 0.15) is 0 Å². The second-order valence-electron chi connectivity index (χ2n) is 5.17. The molecule has 1 aliphatic rings. The molecule has 1 aromatic heterocycles. The molecule has 0 radical (unpaired) electrons. The van der Waals surface area contributed by atoms with Gasteiger partial charge in [-0.3, -0.25) is 0 Å². The van der Waals surface area contributed by atoms with Crippen molar-refractivity contribution >= 4 is 0 Å². The van der Waals surface area contributed by atoms with E-state index in [2.05, 4.69) is 53.2 Å². The van der Waals surface area contributed by atoms with Crippen LogP contribution in [0, 0.1) is 0 Å². The van der Waals surface area contributed by atoms with Crippen molar-refractivity contribution in [3.63, 3.8) is 0 Å². The Bertz CT molecular complexity index is 513. The summed E-state index contributed by atoms with van der Waals surface area (Å²) in [5.41, 5.74) is 4.12. The van der Waals surface area contributed by atoms with E-state index in [1.165, 1.54) is 49.0 Å². The Morgan fingerprint density at radius 2 is 2.11 bits per heavy atom. The fraction of sp³-hybridized carbons (Fsp3) is 0.438. The Hall–Kier alpha value is -1.57. The van der Waals surface area contributed by atoms with E-state index in [-0.39, 0.29) is 0 Å². The highest BCUT2D eigenvalue weighted by molar-refractivity contribution is 5.37. The van der Waals surface area contributed by atoms with Crippen LogP contribution in [0.5, 0.6) is 0 Å². The number of fused-ring (bicyclic) bond motifs is 1. The van der Waals surface area contributed by atoms with Crippen LogP contribution in [0.25, 0.3) is 5.69 Å². The van der Waals surface area contributed by atoms with Crippen molar-refractivity contribution in [2.24, 2.45) is 0 Å². The van der Waals surface area contributed by atoms with Crippen LogP contribution in [0.1, 0.15) is 49.8 Å². The van der Waals surface area contributed by atoms with Gasteiger partial charge in [0.15, 0.2) is 0 Å². The van der Waals surface area contributed by atoms with E-state index in [0.717, 1.165) is 5.92 Å². The lowest BCUT2D eigenvalue weighted by molar-refractivity contribution is 0.508. The second-order valence-corrected chi connectivity index (χ2v) is 5.17. The van der Waals surface area contributed by atoms with Crippen LogP contribution in [0.4, 0.5) is 0 Å². The van der Waals surface area contributed by atoms with Crippen molar-refractivity contribution in [1.82, 2.24) is 9.78 Å². The number of para-hydroxylation sites is 1. The van der Waals surface area contributed by atoms with Crippen molar-refractivity contribution in [2.45, 2.75) is 44.9 Å². The van der Waals surface area contributed by atoms with E-state index in [0.29, 0.717) is 0 Å². The zero-order valence-corrected chi connectivity index (χ0v) is 11.0. The summed E-state index contributed by atoms with van der Waals surface area (Å²) in [4.78, 5) is 0. The molecule has 0 saturated heterocycles. The number of benzene rings is 1. The van der Waals surface area contributed by atoms with Crippen LogP contribution in [-0.2, 0) is 6.42 Å². The van der Waals surface area contributed by atoms with Gasteiger partial charge in [0.05, 0.1) is 11.9 Å². The first-order chi connectivity index (χ1) is 8.90. The predicted octanol–water partition coefficient (Wildman–Crippen LogP) is 4.09. The summed E-state index contributed by atoms with van der Waals surface area (Å²) >= 11 is 0. The molecule has 94 valence electrons. The molecule has 0 amide bonds. The second kappa shape index (κ2) is 4.97. The third-order valence-electron chi connectivity index (χ3n) is 3.95. The molecule has 18 heavy (non-hydrogen) atoms. The molecule has 3 rings (SSSR count). The number of nitrogens with zero attached hydrogens (tertiary/aromatic N) is 2. The Morgan fingerprint density at radius 1 is 1.28 bits per heavy atom. The largest absolute Gasteiger partial charge is 0.238 e. The van der Waals surface area contributed by atoms with Crippen LogP contribution in [0.15, 0.2) is 36.5 Å². The van der Waals surface area contributed by atoms with Gasteiger partial charge >= 0.3 is 0 Å². The molecule has 0 bridgehead atoms. The molecule has 1 heterocycles. The molecule has 1 aliphatic carbocycles. The smallest absolute Gasteiger partial charge is 0.0648 e. The van der Waals surface area contributed by atoms with Gasteiger partial charge in [0.2, 0.25) is 0 Å². The Labute approximate surface area is 109 Å². The summed E-state index contributed by atoms with van der Waals surface area (Å²) in [6, 6.07) is 10.5. The zero-order valence-electron chi connectivity index (χ0n) is 11.0. The molecule has 1 aromatic carbocycles. The van der Waals surface area contributed by atoms with Crippen LogP contribution in [0.3, 0.4) is 0 Å². The van der Waals surface area contributed by atoms with Crippen LogP contribution in [-0.4, -0.2) is 9.78 Å². The molecular formula is C16H20N2. The number of rotatable bonds is 3. The molecule has 0 aliphatic heterocycles. The highest BCUT2D eigenvalue weighted by Crippen LogP contribution is 2.35. The maximum Gasteiger partial charge on any atom is 0.0648 e. The van der Waals surface area contributed by atoms with Crippen molar-refractivity contribution in [2.75, 3.05) is 0 Å². The van der Waals surface area contributed by atoms with Gasteiger partial charge in [-0.25, -0.2) is 4.68 Å². The van der Waals surface area contributed by atoms with Crippen LogP contribution < -0.4 is 0 Å². The summed E-state index contributed by atoms with van der Waals surface area (Å²) in [6.07, 6.45) is 8.47. The minimum atomic E-state index is 0.733. The maximum atomic E-state index is 4.62. The summed E-state index contributed by atoms with van der Waals surface area (Å²) in [5.74, 6) is 0.733. The van der Waals surface area contributed by atoms with Gasteiger partial charge in [-0.05, 0) is 49.3 Å². The molecule has 2 aromatic rings. The number of hydrogen-bond donors (Lipinski definition) is 0. The monoisotopic (exact) mass is 240 g/mol. The van der Waals surface area contributed by atoms with E-state index in [1.54, 1.807) is 0 Å². The normalized spacial score (nSPS) is 18.6. The number of aromatic nitrogens is 2. The molecule has 0 unspecified atom stereocenters. The highest BCUT2D eigenvalue weighted by Gasteiger charge is 2.23. The van der Waals surface area contributed by atoms with Crippen molar-refractivity contribution < 1.29 is 0 Å². The summed E-state index contributed by atoms with van der Waals surface area (Å²) in [6.45, 7) is 2.27. The van der Waals surface area contributed by atoms with Gasteiger partial charge in [-0.2, -0.15) is 5.10 Å². The summed E-state index contributed by atoms with van der Waals surface area (Å²) in [7, 11) is 0. The molecule has 0 saturated carbocycles. The van der Waals surface area contributed by atoms with E-state index >= 15 is 0 Å². The van der Waals surface area contributed by atoms with Gasteiger partial charge in [0, 0.05) is 5.69 Å². The first-order valence-electron chi connectivity index (χ1n) is 7.02. The van der Waals surface area contributed by atoms with Gasteiger partial charge in [-0.15, -0.1) is 0 Å². The molecule has 2 nitrogen and oxygen atoms in total. The first kappa shape index (κ1) is 11.5. The zero-order chi connectivity index (χ0) is 12.4. The Balaban J connectivity index is 2.00. The van der Waals surface area contributed by atoms with Gasteiger partial charge in [0.25, 0.3) is 0 Å². The summed E-state index contributed by atoms with van der Waals surface area (Å²) < 4.78 is 2.14. The lowest BCUT2D eigenvalue weighted by Gasteiger charge is -2.22. The van der Waals surface area contributed by atoms with E-state index in [4.69, 9.17) is 0 Å². The van der Waals surface area contributed by atoms with E-state index in [9.17, 15) is 0 Å². The summed E-state index contributed by atoms with van der Waals surface area (Å²) in [5, 5.41) is 4.62. The third kappa shape index (κ3) is 1.96. The average molecular weight is 240 g/mol. The molecule has 0 N–H and O–H groups in total. The molecular weight excluding hydrogens is 220 g/mol. The fourth-order valence-electron chi connectivity index (χ4n) is 3.09. The molecule has 0 spiro atoms. The van der Waals surface area contributed by atoms with Gasteiger partial charge in [-0.1, -0.05) is 31.5 Å². The molecule has 2 heteroatoms. The predicted molar refractivity (Wildman–Crippen MR) is 74.2 cm³/mol. The molecule has 0 fully saturated rings. The van der Waals surface area contributed by atoms with Gasteiger partial charge < -0.3 is 0 Å². The van der Waals surface area contributed by atoms with Crippen molar-refractivity contribution in [1.29, 1.82) is 0 Å². The third-order valence-corrected chi connectivity index (χ3v) is 3.95. The van der Waals surface area contributed by atoms with Crippen LogP contribution >= 0.6 is 0 Å². The average Bonchev–Trinajstić information content (AvgIpc) is 2.85. The lowest BCUT2D eigenvalue weighted by Crippen LogP contribution is -2.12. The standard InChI is InChI=1S/C16H20N2/c1-2-7-13-8-6-11-16-15(13)12-17-18(16)14-9-4-3-5-10-14/h3-5,9-10,12-13H,2,6-8,11H2,1H3/t13-/m1/s1.